The molecule has 0 radical (unpaired) electrons. The maximum Gasteiger partial charge on any atom is 0.265 e. The number of nitrogens with zero attached hydrogens (tertiary/aromatic N) is 2. The van der Waals surface area contributed by atoms with Crippen molar-refractivity contribution in [2.24, 2.45) is 0 Å². The Morgan fingerprint density at radius 1 is 1.21 bits per heavy atom. The first kappa shape index (κ1) is 19.6. The lowest BCUT2D eigenvalue weighted by Crippen LogP contribution is -2.36. The van der Waals surface area contributed by atoms with Crippen LogP contribution in [-0.4, -0.2) is 42.5 Å². The number of thiophene rings is 1. The maximum atomic E-state index is 13.0. The molecule has 3 heterocycles. The molecule has 1 aliphatic heterocycles. The number of aromatic nitrogens is 1. The molecule has 0 saturated carbocycles. The van der Waals surface area contributed by atoms with E-state index in [1.54, 1.807) is 13.3 Å². The normalized spacial score (nSPS) is 15.2. The molecule has 0 spiro atoms. The van der Waals surface area contributed by atoms with Crippen LogP contribution in [0.1, 0.15) is 34.1 Å². The van der Waals surface area contributed by atoms with Crippen LogP contribution in [0.2, 0.25) is 0 Å². The minimum atomic E-state index is -0.0953. The highest BCUT2D eigenvalue weighted by Crippen LogP contribution is 2.36. The first-order valence-electron chi connectivity index (χ1n) is 9.91. The van der Waals surface area contributed by atoms with E-state index in [4.69, 9.17) is 4.74 Å². The van der Waals surface area contributed by atoms with Crippen LogP contribution in [0.5, 0.6) is 5.75 Å². The average molecular weight is 408 g/mol. The summed E-state index contributed by atoms with van der Waals surface area (Å²) >= 11 is 1.46. The lowest BCUT2D eigenvalue weighted by Gasteiger charge is -2.27. The number of amides is 1. The monoisotopic (exact) mass is 407 g/mol. The molecule has 0 unspecified atom stereocenters. The number of hydrogen-bond acceptors (Lipinski definition) is 5. The van der Waals surface area contributed by atoms with Gasteiger partial charge in [0.15, 0.2) is 0 Å². The number of carbonyl (C=O) groups excluding carboxylic acids is 1. The quantitative estimate of drug-likeness (QED) is 0.631. The Bertz CT molecular complexity index is 937. The third-order valence-corrected chi connectivity index (χ3v) is 6.45. The Morgan fingerprint density at radius 3 is 2.69 bits per heavy atom. The van der Waals surface area contributed by atoms with E-state index in [2.05, 4.69) is 21.3 Å². The lowest BCUT2D eigenvalue weighted by molar-refractivity contribution is 0.0939. The molecule has 3 aromatic rings. The van der Waals surface area contributed by atoms with Crippen LogP contribution >= 0.6 is 11.3 Å². The SMILES string of the molecule is COc1cc(-c2ccccc2)sc1C(=O)NC[C@@H](c1cccnc1)N1CCCC1. The lowest BCUT2D eigenvalue weighted by atomic mass is 10.1. The summed E-state index contributed by atoms with van der Waals surface area (Å²) in [5.74, 6) is 0.521. The molecule has 1 amide bonds. The molecule has 1 saturated heterocycles. The molecule has 1 fully saturated rings. The standard InChI is InChI=1S/C23H25N3O2S/c1-28-20-14-21(17-8-3-2-4-9-17)29-22(20)23(27)25-16-19(26-12-5-6-13-26)18-10-7-11-24-15-18/h2-4,7-11,14-15,19H,5-6,12-13,16H2,1H3,(H,25,27)/t19-/m0/s1. The zero-order valence-corrected chi connectivity index (χ0v) is 17.3. The predicted molar refractivity (Wildman–Crippen MR) is 116 cm³/mol. The van der Waals surface area contributed by atoms with E-state index in [9.17, 15) is 4.79 Å². The number of rotatable bonds is 7. The van der Waals surface area contributed by atoms with Gasteiger partial charge in [0.25, 0.3) is 5.91 Å². The zero-order chi connectivity index (χ0) is 20.1. The molecule has 1 N–H and O–H groups in total. The molecule has 6 heteroatoms. The van der Waals surface area contributed by atoms with Gasteiger partial charge in [-0.3, -0.25) is 14.7 Å². The Kier molecular flexibility index (Phi) is 6.22. The summed E-state index contributed by atoms with van der Waals surface area (Å²) in [7, 11) is 1.61. The second-order valence-electron chi connectivity index (χ2n) is 7.13. The van der Waals surface area contributed by atoms with Gasteiger partial charge in [-0.15, -0.1) is 11.3 Å². The van der Waals surface area contributed by atoms with E-state index >= 15 is 0 Å². The summed E-state index contributed by atoms with van der Waals surface area (Å²) in [6, 6.07) is 16.2. The van der Waals surface area contributed by atoms with Crippen LogP contribution < -0.4 is 10.1 Å². The smallest absolute Gasteiger partial charge is 0.265 e. The van der Waals surface area contributed by atoms with Gasteiger partial charge >= 0.3 is 0 Å². The average Bonchev–Trinajstić information content (AvgIpc) is 3.45. The molecule has 29 heavy (non-hydrogen) atoms. The van der Waals surface area contributed by atoms with Crippen LogP contribution in [-0.2, 0) is 0 Å². The highest BCUT2D eigenvalue weighted by atomic mass is 32.1. The first-order chi connectivity index (χ1) is 14.3. The summed E-state index contributed by atoms with van der Waals surface area (Å²) in [6.07, 6.45) is 6.08. The van der Waals surface area contributed by atoms with Gasteiger partial charge in [0.2, 0.25) is 0 Å². The second-order valence-corrected chi connectivity index (χ2v) is 8.18. The summed E-state index contributed by atoms with van der Waals surface area (Å²) in [5, 5.41) is 3.14. The Hall–Kier alpha value is -2.70. The van der Waals surface area contributed by atoms with E-state index in [0.717, 1.165) is 29.1 Å². The fourth-order valence-corrected chi connectivity index (χ4v) is 4.83. The predicted octanol–water partition coefficient (Wildman–Crippen LogP) is 4.39. The molecular formula is C23H25N3O2S. The summed E-state index contributed by atoms with van der Waals surface area (Å²) < 4.78 is 5.49. The number of pyridine rings is 1. The first-order valence-corrected chi connectivity index (χ1v) is 10.7. The van der Waals surface area contributed by atoms with Gasteiger partial charge in [-0.1, -0.05) is 36.4 Å². The van der Waals surface area contributed by atoms with Gasteiger partial charge in [0.05, 0.1) is 13.2 Å². The molecule has 1 atom stereocenters. The van der Waals surface area contributed by atoms with Crippen molar-refractivity contribution in [3.63, 3.8) is 0 Å². The fourth-order valence-electron chi connectivity index (χ4n) is 3.78. The van der Waals surface area contributed by atoms with E-state index in [1.165, 1.54) is 24.2 Å². The molecule has 1 aromatic carbocycles. The van der Waals surface area contributed by atoms with Crippen molar-refractivity contribution in [3.05, 3.63) is 71.4 Å². The number of hydrogen-bond donors (Lipinski definition) is 1. The van der Waals surface area contributed by atoms with Gasteiger partial charge in [-0.2, -0.15) is 0 Å². The highest BCUT2D eigenvalue weighted by Gasteiger charge is 2.25. The Morgan fingerprint density at radius 2 is 2.00 bits per heavy atom. The summed E-state index contributed by atoms with van der Waals surface area (Å²) in [5.41, 5.74) is 2.22. The van der Waals surface area contributed by atoms with E-state index in [1.807, 2.05) is 48.7 Å². The molecular weight excluding hydrogens is 382 g/mol. The molecule has 0 aliphatic carbocycles. The largest absolute Gasteiger partial charge is 0.495 e. The van der Waals surface area contributed by atoms with Gasteiger partial charge in [0, 0.05) is 23.8 Å². The minimum Gasteiger partial charge on any atom is -0.495 e. The summed E-state index contributed by atoms with van der Waals surface area (Å²) in [4.78, 5) is 21.3. The molecule has 4 rings (SSSR count). The van der Waals surface area contributed by atoms with Crippen molar-refractivity contribution < 1.29 is 9.53 Å². The molecule has 150 valence electrons. The van der Waals surface area contributed by atoms with Crippen LogP contribution in [0.4, 0.5) is 0 Å². The number of ether oxygens (including phenoxy) is 1. The third kappa shape index (κ3) is 4.49. The minimum absolute atomic E-state index is 0.0953. The highest BCUT2D eigenvalue weighted by molar-refractivity contribution is 7.17. The number of carbonyl (C=O) groups is 1. The van der Waals surface area contributed by atoms with Gasteiger partial charge < -0.3 is 10.1 Å². The van der Waals surface area contributed by atoms with Crippen LogP contribution in [0.25, 0.3) is 10.4 Å². The van der Waals surface area contributed by atoms with Gasteiger partial charge in [-0.25, -0.2) is 0 Å². The van der Waals surface area contributed by atoms with Crippen molar-refractivity contribution in [1.82, 2.24) is 15.2 Å². The molecule has 5 nitrogen and oxygen atoms in total. The topological polar surface area (TPSA) is 54.5 Å². The zero-order valence-electron chi connectivity index (χ0n) is 16.5. The number of nitrogens with one attached hydrogen (secondary N) is 1. The van der Waals surface area contributed by atoms with Crippen molar-refractivity contribution in [2.75, 3.05) is 26.7 Å². The van der Waals surface area contributed by atoms with Gasteiger partial charge in [-0.05, 0) is 49.2 Å². The van der Waals surface area contributed by atoms with Crippen LogP contribution in [0.3, 0.4) is 0 Å². The molecule has 1 aliphatic rings. The Labute approximate surface area is 175 Å². The number of likely N-dealkylation sites (tertiary alicyclic amines) is 1. The van der Waals surface area contributed by atoms with Crippen molar-refractivity contribution in [3.8, 4) is 16.2 Å². The van der Waals surface area contributed by atoms with E-state index < -0.39 is 0 Å². The summed E-state index contributed by atoms with van der Waals surface area (Å²) in [6.45, 7) is 2.65. The van der Waals surface area contributed by atoms with E-state index in [-0.39, 0.29) is 11.9 Å². The molecule has 0 bridgehead atoms. The number of methoxy groups -OCH3 is 1. The second kappa shape index (κ2) is 9.20. The molecule has 2 aromatic heterocycles. The van der Waals surface area contributed by atoms with Crippen molar-refractivity contribution >= 4 is 17.2 Å². The maximum absolute atomic E-state index is 13.0. The fraction of sp³-hybridized carbons (Fsp3) is 0.304. The Balaban J connectivity index is 1.51. The number of benzene rings is 1. The third-order valence-electron chi connectivity index (χ3n) is 5.29. The van der Waals surface area contributed by atoms with Crippen LogP contribution in [0, 0.1) is 0 Å². The van der Waals surface area contributed by atoms with Crippen LogP contribution in [0.15, 0.2) is 60.9 Å². The van der Waals surface area contributed by atoms with Gasteiger partial charge in [0.1, 0.15) is 10.6 Å². The van der Waals surface area contributed by atoms with Crippen molar-refractivity contribution in [2.45, 2.75) is 18.9 Å². The van der Waals surface area contributed by atoms with Crippen molar-refractivity contribution in [1.29, 1.82) is 0 Å². The van der Waals surface area contributed by atoms with E-state index in [0.29, 0.717) is 17.2 Å².